The fourth-order valence-corrected chi connectivity index (χ4v) is 2.77. The van der Waals surface area contributed by atoms with Crippen LogP contribution >= 0.6 is 0 Å². The average Bonchev–Trinajstić information content (AvgIpc) is 2.36. The molecule has 0 bridgehead atoms. The maximum absolute atomic E-state index is 11.4. The second kappa shape index (κ2) is 5.83. The summed E-state index contributed by atoms with van der Waals surface area (Å²) in [6, 6.07) is 0.892. The van der Waals surface area contributed by atoms with Crippen LogP contribution in [0.4, 0.5) is 0 Å². The van der Waals surface area contributed by atoms with Gasteiger partial charge in [-0.3, -0.25) is 4.79 Å². The highest BCUT2D eigenvalue weighted by Crippen LogP contribution is 2.31. The molecule has 0 aliphatic heterocycles. The maximum Gasteiger partial charge on any atom is 0.323 e. The Hall–Kier alpha value is -0.610. The Bertz CT molecular complexity index is 270. The molecule has 0 aromatic rings. The van der Waals surface area contributed by atoms with Crippen LogP contribution in [0.2, 0.25) is 0 Å². The van der Waals surface area contributed by atoms with Gasteiger partial charge in [0.05, 0.1) is 0 Å². The minimum absolute atomic E-state index is 0.377. The molecule has 4 nitrogen and oxygen atoms in total. The van der Waals surface area contributed by atoms with Gasteiger partial charge in [-0.2, -0.15) is 0 Å². The summed E-state index contributed by atoms with van der Waals surface area (Å²) in [4.78, 5) is 13.8. The predicted octanol–water partition coefficient (Wildman–Crippen LogP) is 1.70. The van der Waals surface area contributed by atoms with Gasteiger partial charge in [0.1, 0.15) is 5.54 Å². The van der Waals surface area contributed by atoms with Gasteiger partial charge in [-0.1, -0.05) is 6.92 Å². The molecule has 0 aromatic carbocycles. The van der Waals surface area contributed by atoms with Crippen LogP contribution < -0.4 is 5.32 Å². The number of hydrogen-bond donors (Lipinski definition) is 2. The van der Waals surface area contributed by atoms with Crippen LogP contribution in [0.15, 0.2) is 0 Å². The van der Waals surface area contributed by atoms with Crippen molar-refractivity contribution in [3.8, 4) is 0 Å². The number of hydrogen-bond acceptors (Lipinski definition) is 3. The van der Waals surface area contributed by atoms with Gasteiger partial charge in [0, 0.05) is 12.1 Å². The monoisotopic (exact) mass is 242 g/mol. The highest BCUT2D eigenvalue weighted by atomic mass is 16.4. The second-order valence-corrected chi connectivity index (χ2v) is 5.31. The molecule has 1 saturated carbocycles. The van der Waals surface area contributed by atoms with Crippen LogP contribution in [0.5, 0.6) is 0 Å². The van der Waals surface area contributed by atoms with Crippen molar-refractivity contribution in [1.29, 1.82) is 0 Å². The van der Waals surface area contributed by atoms with Crippen molar-refractivity contribution in [1.82, 2.24) is 10.2 Å². The lowest BCUT2D eigenvalue weighted by Crippen LogP contribution is -2.57. The summed E-state index contributed by atoms with van der Waals surface area (Å²) in [5, 5.41) is 12.4. The number of nitrogens with zero attached hydrogens (tertiary/aromatic N) is 1. The lowest BCUT2D eigenvalue weighted by atomic mass is 9.78. The van der Waals surface area contributed by atoms with E-state index in [1.165, 1.54) is 0 Å². The third-order valence-corrected chi connectivity index (χ3v) is 4.47. The largest absolute Gasteiger partial charge is 0.480 e. The average molecular weight is 242 g/mol. The number of aliphatic carboxylic acids is 1. The standard InChI is InChI=1S/C13H26N2O2/c1-5-10(2)15(4)11-7-6-8-13(9-11,14-3)12(16)17/h10-11,14H,5-9H2,1-4H3,(H,16,17). The van der Waals surface area contributed by atoms with E-state index in [0.29, 0.717) is 18.5 Å². The molecular formula is C13H26N2O2. The summed E-state index contributed by atoms with van der Waals surface area (Å²) < 4.78 is 0. The Labute approximate surface area is 104 Å². The van der Waals surface area contributed by atoms with Crippen molar-refractivity contribution in [3.63, 3.8) is 0 Å². The molecule has 3 unspecified atom stereocenters. The van der Waals surface area contributed by atoms with Gasteiger partial charge < -0.3 is 15.3 Å². The van der Waals surface area contributed by atoms with Gasteiger partial charge in [0.2, 0.25) is 0 Å². The molecule has 1 rings (SSSR count). The first-order chi connectivity index (χ1) is 7.96. The summed E-state index contributed by atoms with van der Waals surface area (Å²) in [7, 11) is 3.88. The molecule has 1 fully saturated rings. The Morgan fingerprint density at radius 3 is 2.76 bits per heavy atom. The van der Waals surface area contributed by atoms with E-state index in [-0.39, 0.29) is 0 Å². The van der Waals surface area contributed by atoms with Gasteiger partial charge in [0.15, 0.2) is 0 Å². The van der Waals surface area contributed by atoms with E-state index in [2.05, 4.69) is 31.1 Å². The lowest BCUT2D eigenvalue weighted by Gasteiger charge is -2.42. The van der Waals surface area contributed by atoms with E-state index in [0.717, 1.165) is 25.7 Å². The minimum Gasteiger partial charge on any atom is -0.480 e. The molecule has 0 saturated heterocycles. The molecule has 100 valence electrons. The number of carboxylic acids is 1. The fraction of sp³-hybridized carbons (Fsp3) is 0.923. The molecule has 0 amide bonds. The predicted molar refractivity (Wildman–Crippen MR) is 69.2 cm³/mol. The van der Waals surface area contributed by atoms with Crippen molar-refractivity contribution in [2.24, 2.45) is 0 Å². The molecule has 17 heavy (non-hydrogen) atoms. The molecule has 0 radical (unpaired) electrons. The number of nitrogens with one attached hydrogen (secondary N) is 1. The van der Waals surface area contributed by atoms with Crippen molar-refractivity contribution in [2.75, 3.05) is 14.1 Å². The summed E-state index contributed by atoms with van der Waals surface area (Å²) in [6.07, 6.45) is 4.64. The third-order valence-electron chi connectivity index (χ3n) is 4.47. The topological polar surface area (TPSA) is 52.6 Å². The number of rotatable bonds is 5. The first-order valence-corrected chi connectivity index (χ1v) is 6.61. The zero-order valence-corrected chi connectivity index (χ0v) is 11.5. The van der Waals surface area contributed by atoms with Crippen molar-refractivity contribution in [3.05, 3.63) is 0 Å². The van der Waals surface area contributed by atoms with E-state index in [4.69, 9.17) is 0 Å². The zero-order chi connectivity index (χ0) is 13.1. The first-order valence-electron chi connectivity index (χ1n) is 6.61. The summed E-state index contributed by atoms with van der Waals surface area (Å²) in [5.41, 5.74) is -0.718. The second-order valence-electron chi connectivity index (χ2n) is 5.31. The maximum atomic E-state index is 11.4. The molecule has 1 aliphatic rings. The Morgan fingerprint density at radius 2 is 2.29 bits per heavy atom. The van der Waals surface area contributed by atoms with Crippen molar-refractivity contribution < 1.29 is 9.90 Å². The molecule has 0 aromatic heterocycles. The lowest BCUT2D eigenvalue weighted by molar-refractivity contribution is -0.147. The van der Waals surface area contributed by atoms with E-state index in [1.54, 1.807) is 7.05 Å². The normalized spacial score (nSPS) is 31.5. The van der Waals surface area contributed by atoms with E-state index in [9.17, 15) is 9.90 Å². The van der Waals surface area contributed by atoms with Gasteiger partial charge in [-0.25, -0.2) is 0 Å². The fourth-order valence-electron chi connectivity index (χ4n) is 2.77. The van der Waals surface area contributed by atoms with Crippen molar-refractivity contribution >= 4 is 5.97 Å². The van der Waals surface area contributed by atoms with Gasteiger partial charge >= 0.3 is 5.97 Å². The molecule has 0 spiro atoms. The zero-order valence-electron chi connectivity index (χ0n) is 11.5. The molecule has 2 N–H and O–H groups in total. The molecule has 0 heterocycles. The highest BCUT2D eigenvalue weighted by molar-refractivity contribution is 5.79. The Kier molecular flexibility index (Phi) is 4.95. The molecule has 3 atom stereocenters. The van der Waals surface area contributed by atoms with Crippen molar-refractivity contribution in [2.45, 2.75) is 63.6 Å². The molecule has 4 heteroatoms. The number of carboxylic acid groups (broad SMARTS) is 1. The van der Waals surface area contributed by atoms with E-state index < -0.39 is 11.5 Å². The summed E-state index contributed by atoms with van der Waals surface area (Å²) in [5.74, 6) is -0.706. The third kappa shape index (κ3) is 2.99. The first kappa shape index (κ1) is 14.5. The quantitative estimate of drug-likeness (QED) is 0.770. The molecule has 1 aliphatic carbocycles. The summed E-state index contributed by atoms with van der Waals surface area (Å²) >= 11 is 0. The van der Waals surface area contributed by atoms with Crippen LogP contribution in [-0.4, -0.2) is 47.7 Å². The smallest absolute Gasteiger partial charge is 0.323 e. The number of likely N-dealkylation sites (N-methyl/N-ethyl adjacent to an activating group) is 1. The summed E-state index contributed by atoms with van der Waals surface area (Å²) in [6.45, 7) is 4.38. The van der Waals surface area contributed by atoms with Crippen LogP contribution in [0.25, 0.3) is 0 Å². The van der Waals surface area contributed by atoms with Crippen LogP contribution in [0, 0.1) is 0 Å². The molecular weight excluding hydrogens is 216 g/mol. The highest BCUT2D eigenvalue weighted by Gasteiger charge is 2.42. The Morgan fingerprint density at radius 1 is 1.65 bits per heavy atom. The van der Waals surface area contributed by atoms with Crippen LogP contribution in [0.3, 0.4) is 0 Å². The van der Waals surface area contributed by atoms with E-state index >= 15 is 0 Å². The van der Waals surface area contributed by atoms with Crippen LogP contribution in [-0.2, 0) is 4.79 Å². The van der Waals surface area contributed by atoms with Crippen LogP contribution in [0.1, 0.15) is 46.0 Å². The van der Waals surface area contributed by atoms with Gasteiger partial charge in [-0.15, -0.1) is 0 Å². The number of carbonyl (C=O) groups is 1. The Balaban J connectivity index is 2.74. The SMILES string of the molecule is CCC(C)N(C)C1CCCC(NC)(C(=O)O)C1. The van der Waals surface area contributed by atoms with Gasteiger partial charge in [-0.05, 0) is 53.1 Å². The van der Waals surface area contributed by atoms with E-state index in [1.807, 2.05) is 0 Å². The van der Waals surface area contributed by atoms with Gasteiger partial charge in [0.25, 0.3) is 0 Å². The minimum atomic E-state index is -0.718.